The third-order valence-corrected chi connectivity index (χ3v) is 4.25. The molecular weight excluding hydrogens is 302 g/mol. The van der Waals surface area contributed by atoms with Gasteiger partial charge in [0.1, 0.15) is 0 Å². The van der Waals surface area contributed by atoms with Crippen molar-refractivity contribution < 1.29 is 17.7 Å². The van der Waals surface area contributed by atoms with Gasteiger partial charge < -0.3 is 10.1 Å². The Hall–Kier alpha value is -0.950. The van der Waals surface area contributed by atoms with Gasteiger partial charge in [-0.15, -0.1) is 0 Å². The van der Waals surface area contributed by atoms with E-state index in [1.165, 1.54) is 6.07 Å². The molecule has 0 amide bonds. The Bertz CT molecular complexity index is 582. The van der Waals surface area contributed by atoms with Gasteiger partial charge in [0.15, 0.2) is 0 Å². The molecule has 0 aromatic heterocycles. The zero-order valence-electron chi connectivity index (χ0n) is 14.0. The first-order chi connectivity index (χ1) is 10.0. The van der Waals surface area contributed by atoms with Gasteiger partial charge in [-0.25, -0.2) is 0 Å². The van der Waals surface area contributed by atoms with Crippen LogP contribution in [0.25, 0.3) is 0 Å². The lowest BCUT2D eigenvalue weighted by atomic mass is 10.0. The van der Waals surface area contributed by atoms with Crippen LogP contribution in [0.1, 0.15) is 46.1 Å². The Morgan fingerprint density at radius 2 is 1.91 bits per heavy atom. The van der Waals surface area contributed by atoms with Crippen LogP contribution in [0.2, 0.25) is 0 Å². The maximum atomic E-state index is 10.9. The highest BCUT2D eigenvalue weighted by Gasteiger charge is 2.25. The average Bonchev–Trinajstić information content (AvgIpc) is 2.37. The minimum atomic E-state index is -4.08. The fourth-order valence-electron chi connectivity index (χ4n) is 2.40. The lowest BCUT2D eigenvalue weighted by molar-refractivity contribution is -0.0853. The summed E-state index contributed by atoms with van der Waals surface area (Å²) < 4.78 is 36.3. The van der Waals surface area contributed by atoms with Gasteiger partial charge in [0.25, 0.3) is 10.1 Å². The van der Waals surface area contributed by atoms with Crippen LogP contribution >= 0.6 is 0 Å². The lowest BCUT2D eigenvalue weighted by Gasteiger charge is -2.34. The molecule has 5 nitrogen and oxygen atoms in total. The van der Waals surface area contributed by atoms with Crippen molar-refractivity contribution in [1.29, 1.82) is 0 Å². The maximum Gasteiger partial charge on any atom is 0.294 e. The van der Waals surface area contributed by atoms with Crippen LogP contribution < -0.4 is 5.32 Å². The molecule has 0 bridgehead atoms. The van der Waals surface area contributed by atoms with E-state index in [1.807, 2.05) is 13.8 Å². The second-order valence-corrected chi connectivity index (χ2v) is 7.88. The quantitative estimate of drug-likeness (QED) is 0.816. The molecule has 126 valence electrons. The Labute approximate surface area is 133 Å². The van der Waals surface area contributed by atoms with E-state index in [4.69, 9.17) is 9.29 Å². The molecule has 1 aliphatic rings. The molecule has 1 unspecified atom stereocenters. The number of hydrogen-bond donors (Lipinski definition) is 2. The zero-order chi connectivity index (χ0) is 17.0. The normalized spacial score (nSPS) is 21.1. The molecule has 0 saturated carbocycles. The fourth-order valence-corrected chi connectivity index (χ4v) is 3.25. The van der Waals surface area contributed by atoms with E-state index in [-0.39, 0.29) is 16.4 Å². The van der Waals surface area contributed by atoms with Crippen molar-refractivity contribution in [1.82, 2.24) is 5.32 Å². The summed E-state index contributed by atoms with van der Waals surface area (Å²) in [5.41, 5.74) is 0.683. The molecule has 1 saturated heterocycles. The van der Waals surface area contributed by atoms with Gasteiger partial charge in [-0.3, -0.25) is 4.55 Å². The van der Waals surface area contributed by atoms with Crippen molar-refractivity contribution in [3.8, 4) is 0 Å². The zero-order valence-corrected chi connectivity index (χ0v) is 14.8. The van der Waals surface area contributed by atoms with Crippen LogP contribution in [0.3, 0.4) is 0 Å². The van der Waals surface area contributed by atoms with E-state index in [1.54, 1.807) is 18.2 Å². The predicted octanol–water partition coefficient (Wildman–Crippen LogP) is 2.83. The molecule has 2 N–H and O–H groups in total. The summed E-state index contributed by atoms with van der Waals surface area (Å²) in [6.07, 6.45) is 0.369. The van der Waals surface area contributed by atoms with Crippen LogP contribution in [0, 0.1) is 0 Å². The van der Waals surface area contributed by atoms with Gasteiger partial charge in [-0.1, -0.05) is 32.0 Å². The molecule has 1 atom stereocenters. The topological polar surface area (TPSA) is 75.6 Å². The standard InChI is InChI=1S/C9H12O3S.C7H15NO/c1-7(2)8-5-3-4-6-9(8)13(10,11)12;1-6-4-8-5-7(2,3)9-6/h3-7H,1-2H3,(H,10,11,12);6,8H,4-5H2,1-3H3. The van der Waals surface area contributed by atoms with Crippen LogP contribution in [-0.4, -0.2) is 37.8 Å². The molecule has 1 heterocycles. The Morgan fingerprint density at radius 3 is 2.27 bits per heavy atom. The summed E-state index contributed by atoms with van der Waals surface area (Å²) in [6.45, 7) is 12.0. The van der Waals surface area contributed by atoms with E-state index in [0.717, 1.165) is 13.1 Å². The van der Waals surface area contributed by atoms with Crippen molar-refractivity contribution in [2.75, 3.05) is 13.1 Å². The van der Waals surface area contributed by atoms with E-state index >= 15 is 0 Å². The Kier molecular flexibility index (Phi) is 6.55. The van der Waals surface area contributed by atoms with Crippen LogP contribution in [0.4, 0.5) is 0 Å². The highest BCUT2D eigenvalue weighted by molar-refractivity contribution is 7.85. The molecule has 1 aromatic carbocycles. The molecule has 0 aliphatic carbocycles. The van der Waals surface area contributed by atoms with Gasteiger partial charge in [-0.2, -0.15) is 8.42 Å². The number of ether oxygens (including phenoxy) is 1. The predicted molar refractivity (Wildman–Crippen MR) is 87.8 cm³/mol. The molecule has 6 heteroatoms. The SMILES string of the molecule is CC(C)c1ccccc1S(=O)(=O)O.CC1CNCC(C)(C)O1. The molecule has 0 radical (unpaired) electrons. The second kappa shape index (κ2) is 7.55. The minimum absolute atomic E-state index is 0.00463. The Morgan fingerprint density at radius 1 is 1.32 bits per heavy atom. The maximum absolute atomic E-state index is 10.9. The fraction of sp³-hybridized carbons (Fsp3) is 0.625. The van der Waals surface area contributed by atoms with Crippen molar-refractivity contribution in [3.05, 3.63) is 29.8 Å². The molecule has 0 spiro atoms. The minimum Gasteiger partial charge on any atom is -0.370 e. The molecular formula is C16H27NO4S. The van der Waals surface area contributed by atoms with Gasteiger partial charge in [0.2, 0.25) is 0 Å². The largest absolute Gasteiger partial charge is 0.370 e. The summed E-state index contributed by atoms with van der Waals surface area (Å²) in [5, 5.41) is 3.30. The number of rotatable bonds is 2. The summed E-state index contributed by atoms with van der Waals surface area (Å²) >= 11 is 0. The molecule has 2 rings (SSSR count). The van der Waals surface area contributed by atoms with E-state index in [2.05, 4.69) is 26.1 Å². The van der Waals surface area contributed by atoms with Crippen molar-refractivity contribution >= 4 is 10.1 Å². The van der Waals surface area contributed by atoms with Crippen molar-refractivity contribution in [3.63, 3.8) is 0 Å². The lowest BCUT2D eigenvalue weighted by Crippen LogP contribution is -2.49. The third-order valence-electron chi connectivity index (χ3n) is 3.32. The van der Waals surface area contributed by atoms with Gasteiger partial charge in [0, 0.05) is 13.1 Å². The Balaban J connectivity index is 0.000000235. The molecule has 1 aliphatic heterocycles. The highest BCUT2D eigenvalue weighted by atomic mass is 32.2. The first-order valence-electron chi connectivity index (χ1n) is 7.48. The first-order valence-corrected chi connectivity index (χ1v) is 8.92. The summed E-state index contributed by atoms with van der Waals surface area (Å²) in [5.74, 6) is 0.0816. The van der Waals surface area contributed by atoms with Gasteiger partial charge in [-0.05, 0) is 38.3 Å². The van der Waals surface area contributed by atoms with Crippen LogP contribution in [0.5, 0.6) is 0 Å². The van der Waals surface area contributed by atoms with Crippen LogP contribution in [0.15, 0.2) is 29.2 Å². The van der Waals surface area contributed by atoms with E-state index in [9.17, 15) is 8.42 Å². The molecule has 1 fully saturated rings. The monoisotopic (exact) mass is 329 g/mol. The van der Waals surface area contributed by atoms with Crippen molar-refractivity contribution in [2.24, 2.45) is 0 Å². The highest BCUT2D eigenvalue weighted by Crippen LogP contribution is 2.22. The van der Waals surface area contributed by atoms with E-state index in [0.29, 0.717) is 11.7 Å². The average molecular weight is 329 g/mol. The van der Waals surface area contributed by atoms with Crippen molar-refractivity contribution in [2.45, 2.75) is 57.1 Å². The second-order valence-electron chi connectivity index (χ2n) is 6.49. The van der Waals surface area contributed by atoms with Gasteiger partial charge >= 0.3 is 0 Å². The number of benzene rings is 1. The van der Waals surface area contributed by atoms with Crippen LogP contribution in [-0.2, 0) is 14.9 Å². The summed E-state index contributed by atoms with van der Waals surface area (Å²) in [6, 6.07) is 6.46. The van der Waals surface area contributed by atoms with Gasteiger partial charge in [0.05, 0.1) is 16.6 Å². The summed E-state index contributed by atoms with van der Waals surface area (Å²) in [7, 11) is -4.08. The van der Waals surface area contributed by atoms with E-state index < -0.39 is 10.1 Å². The number of morpholine rings is 1. The number of hydrogen-bond acceptors (Lipinski definition) is 4. The summed E-state index contributed by atoms with van der Waals surface area (Å²) in [4.78, 5) is 0.00463. The number of nitrogens with one attached hydrogen (secondary N) is 1. The first kappa shape index (κ1) is 19.1. The molecule has 22 heavy (non-hydrogen) atoms. The third kappa shape index (κ3) is 6.04. The molecule has 1 aromatic rings. The smallest absolute Gasteiger partial charge is 0.294 e.